The molecular formula is C17H18ClN3O3S. The smallest absolute Gasteiger partial charge is 0.271 e. The van der Waals surface area contributed by atoms with E-state index in [1.54, 1.807) is 18.2 Å². The van der Waals surface area contributed by atoms with Crippen LogP contribution in [0.15, 0.2) is 28.0 Å². The minimum Gasteiger partial charge on any atom is -0.506 e. The SMILES string of the molecule is CC1=Nc2c(c(=O)[nH]n2C2CCOCC2)C(c2ccc(O)c(Cl)c2)S1. The van der Waals surface area contributed by atoms with E-state index in [2.05, 4.69) is 10.1 Å². The van der Waals surface area contributed by atoms with Crippen LogP contribution in [0.1, 0.15) is 42.2 Å². The summed E-state index contributed by atoms with van der Waals surface area (Å²) in [5.74, 6) is 0.730. The van der Waals surface area contributed by atoms with Crippen molar-refractivity contribution < 1.29 is 9.84 Å². The van der Waals surface area contributed by atoms with Crippen LogP contribution in [0.3, 0.4) is 0 Å². The Kier molecular flexibility index (Phi) is 4.39. The molecule has 2 aromatic rings. The summed E-state index contributed by atoms with van der Waals surface area (Å²) in [5, 5.41) is 13.6. The second-order valence-corrected chi connectivity index (χ2v) is 7.94. The van der Waals surface area contributed by atoms with Gasteiger partial charge in [-0.1, -0.05) is 29.4 Å². The number of aliphatic imine (C=N–C) groups is 1. The van der Waals surface area contributed by atoms with Gasteiger partial charge in [0.15, 0.2) is 5.82 Å². The molecular weight excluding hydrogens is 362 g/mol. The highest BCUT2D eigenvalue weighted by atomic mass is 35.5. The molecule has 2 aliphatic rings. The van der Waals surface area contributed by atoms with Crippen molar-refractivity contribution in [1.29, 1.82) is 0 Å². The molecule has 132 valence electrons. The van der Waals surface area contributed by atoms with Crippen molar-refractivity contribution in [2.45, 2.75) is 31.1 Å². The lowest BCUT2D eigenvalue weighted by molar-refractivity contribution is 0.0666. The van der Waals surface area contributed by atoms with Crippen molar-refractivity contribution in [1.82, 2.24) is 9.78 Å². The van der Waals surface area contributed by atoms with Crippen LogP contribution in [-0.2, 0) is 4.74 Å². The van der Waals surface area contributed by atoms with Gasteiger partial charge in [-0.3, -0.25) is 14.6 Å². The van der Waals surface area contributed by atoms with Gasteiger partial charge in [-0.15, -0.1) is 0 Å². The third-order valence-corrected chi connectivity index (χ3v) is 6.06. The summed E-state index contributed by atoms with van der Waals surface area (Å²) in [4.78, 5) is 17.3. The topological polar surface area (TPSA) is 79.6 Å². The van der Waals surface area contributed by atoms with Crippen LogP contribution in [0.2, 0.25) is 5.02 Å². The van der Waals surface area contributed by atoms with E-state index in [0.717, 1.165) is 23.4 Å². The Bertz CT molecular complexity index is 899. The second kappa shape index (κ2) is 6.55. The summed E-state index contributed by atoms with van der Waals surface area (Å²) in [6, 6.07) is 5.26. The molecule has 0 radical (unpaired) electrons. The molecule has 4 rings (SSSR count). The molecule has 0 saturated carbocycles. The number of phenolic OH excluding ortho intramolecular Hbond substituents is 1. The number of thioether (sulfide) groups is 1. The Balaban J connectivity index is 1.82. The average Bonchev–Trinajstić information content (AvgIpc) is 2.94. The van der Waals surface area contributed by atoms with Crippen LogP contribution >= 0.6 is 23.4 Å². The van der Waals surface area contributed by atoms with E-state index in [9.17, 15) is 9.90 Å². The molecule has 2 N–H and O–H groups in total. The number of nitrogens with zero attached hydrogens (tertiary/aromatic N) is 2. The quantitative estimate of drug-likeness (QED) is 0.832. The zero-order valence-electron chi connectivity index (χ0n) is 13.7. The molecule has 3 heterocycles. The Morgan fingerprint density at radius 3 is 2.88 bits per heavy atom. The highest BCUT2D eigenvalue weighted by Crippen LogP contribution is 2.45. The third-order valence-electron chi connectivity index (χ3n) is 4.58. The molecule has 0 bridgehead atoms. The number of hydrogen-bond donors (Lipinski definition) is 2. The first-order chi connectivity index (χ1) is 12.0. The molecule has 1 fully saturated rings. The van der Waals surface area contributed by atoms with E-state index in [1.807, 2.05) is 11.6 Å². The molecule has 6 nitrogen and oxygen atoms in total. The zero-order chi connectivity index (χ0) is 17.6. The fourth-order valence-electron chi connectivity index (χ4n) is 3.34. The van der Waals surface area contributed by atoms with Crippen molar-refractivity contribution in [2.24, 2.45) is 4.99 Å². The predicted molar refractivity (Wildman–Crippen MR) is 99.5 cm³/mol. The maximum atomic E-state index is 12.7. The van der Waals surface area contributed by atoms with Crippen molar-refractivity contribution in [3.05, 3.63) is 44.7 Å². The van der Waals surface area contributed by atoms with Crippen LogP contribution in [-0.4, -0.2) is 33.1 Å². The van der Waals surface area contributed by atoms with Gasteiger partial charge in [0.1, 0.15) is 5.75 Å². The number of fused-ring (bicyclic) bond motifs is 1. The third kappa shape index (κ3) is 3.01. The highest BCUT2D eigenvalue weighted by molar-refractivity contribution is 8.14. The van der Waals surface area contributed by atoms with E-state index in [1.165, 1.54) is 11.8 Å². The van der Waals surface area contributed by atoms with Gasteiger partial charge in [0.25, 0.3) is 5.56 Å². The van der Waals surface area contributed by atoms with Gasteiger partial charge in [0, 0.05) is 13.2 Å². The van der Waals surface area contributed by atoms with Crippen LogP contribution in [0, 0.1) is 0 Å². The van der Waals surface area contributed by atoms with Gasteiger partial charge in [0.2, 0.25) is 0 Å². The molecule has 8 heteroatoms. The van der Waals surface area contributed by atoms with Crippen molar-refractivity contribution >= 4 is 34.2 Å². The minimum atomic E-state index is -0.199. The number of H-pyrrole nitrogens is 1. The van der Waals surface area contributed by atoms with Crippen LogP contribution < -0.4 is 5.56 Å². The first-order valence-electron chi connectivity index (χ1n) is 8.17. The number of aromatic nitrogens is 2. The minimum absolute atomic E-state index is 0.0329. The lowest BCUT2D eigenvalue weighted by Crippen LogP contribution is -2.21. The van der Waals surface area contributed by atoms with Crippen molar-refractivity contribution in [3.8, 4) is 5.75 Å². The molecule has 0 aliphatic carbocycles. The fraction of sp³-hybridized carbons (Fsp3) is 0.412. The highest BCUT2D eigenvalue weighted by Gasteiger charge is 2.32. The van der Waals surface area contributed by atoms with E-state index < -0.39 is 0 Å². The van der Waals surface area contributed by atoms with Crippen LogP contribution in [0.5, 0.6) is 5.75 Å². The Morgan fingerprint density at radius 2 is 2.16 bits per heavy atom. The van der Waals surface area contributed by atoms with E-state index >= 15 is 0 Å². The zero-order valence-corrected chi connectivity index (χ0v) is 15.2. The van der Waals surface area contributed by atoms with Crippen molar-refractivity contribution in [2.75, 3.05) is 13.2 Å². The fourth-order valence-corrected chi connectivity index (χ4v) is 4.62. The van der Waals surface area contributed by atoms with E-state index in [4.69, 9.17) is 16.3 Å². The number of aromatic hydroxyl groups is 1. The molecule has 1 unspecified atom stereocenters. The van der Waals surface area contributed by atoms with Gasteiger partial charge in [-0.2, -0.15) is 0 Å². The molecule has 25 heavy (non-hydrogen) atoms. The summed E-state index contributed by atoms with van der Waals surface area (Å²) in [6.07, 6.45) is 1.71. The Morgan fingerprint density at radius 1 is 1.40 bits per heavy atom. The maximum Gasteiger partial charge on any atom is 0.271 e. The lowest BCUT2D eigenvalue weighted by Gasteiger charge is -2.26. The first-order valence-corrected chi connectivity index (χ1v) is 9.43. The maximum absolute atomic E-state index is 12.7. The number of rotatable bonds is 2. The van der Waals surface area contributed by atoms with E-state index in [-0.39, 0.29) is 27.6 Å². The van der Waals surface area contributed by atoms with Gasteiger partial charge >= 0.3 is 0 Å². The number of hydrogen-bond acceptors (Lipinski definition) is 5. The molecule has 0 spiro atoms. The normalized spacial score (nSPS) is 21.0. The lowest BCUT2D eigenvalue weighted by atomic mass is 10.1. The van der Waals surface area contributed by atoms with E-state index in [0.29, 0.717) is 24.6 Å². The Hall–Kier alpha value is -1.70. The van der Waals surface area contributed by atoms with Gasteiger partial charge in [-0.25, -0.2) is 4.99 Å². The van der Waals surface area contributed by atoms with Crippen LogP contribution in [0.25, 0.3) is 0 Å². The molecule has 0 amide bonds. The molecule has 1 atom stereocenters. The number of phenols is 1. The summed E-state index contributed by atoms with van der Waals surface area (Å²) in [6.45, 7) is 3.32. The summed E-state index contributed by atoms with van der Waals surface area (Å²) in [7, 11) is 0. The van der Waals surface area contributed by atoms with Crippen LogP contribution in [0.4, 0.5) is 5.82 Å². The van der Waals surface area contributed by atoms with Gasteiger partial charge < -0.3 is 9.84 Å². The summed E-state index contributed by atoms with van der Waals surface area (Å²) < 4.78 is 7.33. The molecule has 1 aromatic carbocycles. The number of halogens is 1. The average molecular weight is 380 g/mol. The molecule has 2 aliphatic heterocycles. The summed E-state index contributed by atoms with van der Waals surface area (Å²) >= 11 is 7.59. The first kappa shape index (κ1) is 16.8. The number of benzene rings is 1. The van der Waals surface area contributed by atoms with Gasteiger partial charge in [0.05, 0.1) is 26.9 Å². The number of aromatic amines is 1. The molecule has 1 aromatic heterocycles. The number of ether oxygens (including phenoxy) is 1. The second-order valence-electron chi connectivity index (χ2n) is 6.23. The largest absolute Gasteiger partial charge is 0.506 e. The summed E-state index contributed by atoms with van der Waals surface area (Å²) in [5.41, 5.74) is 1.39. The van der Waals surface area contributed by atoms with Crippen molar-refractivity contribution in [3.63, 3.8) is 0 Å². The standard InChI is InChI=1S/C17H18ClN3O3S/c1-9-19-16-14(15(25-9)10-2-3-13(22)12(18)8-10)17(23)20-21(16)11-4-6-24-7-5-11/h2-3,8,11,15,22H,4-7H2,1H3,(H,20,23). The monoisotopic (exact) mass is 379 g/mol. The molecule has 1 saturated heterocycles. The number of nitrogens with one attached hydrogen (secondary N) is 1. The van der Waals surface area contributed by atoms with Gasteiger partial charge in [-0.05, 0) is 37.5 Å². The predicted octanol–water partition coefficient (Wildman–Crippen LogP) is 3.77. The Labute approximate surface area is 153 Å².